The van der Waals surface area contributed by atoms with Crippen molar-refractivity contribution in [3.8, 4) is 0 Å². The number of Topliss-reactive ketones (excluding diaryl/α,β-unsaturated/α-hetero) is 1. The highest BCUT2D eigenvalue weighted by Crippen LogP contribution is 2.30. The molecule has 0 aromatic heterocycles. The van der Waals surface area contributed by atoms with Crippen molar-refractivity contribution in [1.29, 1.82) is 0 Å². The van der Waals surface area contributed by atoms with E-state index in [0.29, 0.717) is 25.7 Å². The predicted octanol–water partition coefficient (Wildman–Crippen LogP) is 2.68. The van der Waals surface area contributed by atoms with Crippen molar-refractivity contribution in [3.05, 3.63) is 35.4 Å². The van der Waals surface area contributed by atoms with Crippen molar-refractivity contribution < 1.29 is 22.0 Å². The number of sulfone groups is 1. The predicted molar refractivity (Wildman–Crippen MR) is 75.7 cm³/mol. The average Bonchev–Trinajstić information content (AvgIpc) is 2.41. The molecule has 6 heteroatoms. The molecule has 0 saturated heterocycles. The molecule has 0 radical (unpaired) electrons. The molecule has 1 fully saturated rings. The monoisotopic (exact) mass is 316 g/mol. The Morgan fingerprint density at radius 2 is 2.00 bits per heavy atom. The topological polar surface area (TPSA) is 51.2 Å². The van der Waals surface area contributed by atoms with Crippen molar-refractivity contribution in [1.82, 2.24) is 0 Å². The van der Waals surface area contributed by atoms with Gasteiger partial charge in [-0.2, -0.15) is 0 Å². The molecule has 0 bridgehead atoms. The number of hydrogen-bond acceptors (Lipinski definition) is 3. The Balaban J connectivity index is 2.06. The molecule has 2 atom stereocenters. The van der Waals surface area contributed by atoms with E-state index in [1.807, 2.05) is 0 Å². The summed E-state index contributed by atoms with van der Waals surface area (Å²) in [6.45, 7) is 0. The lowest BCUT2D eigenvalue weighted by molar-refractivity contribution is -0.123. The van der Waals surface area contributed by atoms with E-state index in [1.54, 1.807) is 0 Å². The molecule has 0 N–H and O–H groups in total. The Labute approximate surface area is 123 Å². The van der Waals surface area contributed by atoms with Crippen LogP contribution in [0.1, 0.15) is 31.2 Å². The summed E-state index contributed by atoms with van der Waals surface area (Å²) in [6, 6.07) is 3.13. The van der Waals surface area contributed by atoms with E-state index in [1.165, 1.54) is 12.3 Å². The first-order chi connectivity index (χ1) is 9.77. The number of carbonyl (C=O) groups is 1. The van der Waals surface area contributed by atoms with E-state index >= 15 is 0 Å². The van der Waals surface area contributed by atoms with E-state index in [2.05, 4.69) is 0 Å². The largest absolute Gasteiger partial charge is 0.299 e. The zero-order valence-corrected chi connectivity index (χ0v) is 12.6. The molecule has 1 saturated carbocycles. The zero-order valence-electron chi connectivity index (χ0n) is 11.8. The molecule has 116 valence electrons. The van der Waals surface area contributed by atoms with Gasteiger partial charge >= 0.3 is 0 Å². The molecular formula is C15H18F2O3S. The highest BCUT2D eigenvalue weighted by molar-refractivity contribution is 7.91. The second-order valence-corrected chi connectivity index (χ2v) is 8.02. The summed E-state index contributed by atoms with van der Waals surface area (Å²) >= 11 is 0. The minimum absolute atomic E-state index is 0.118. The van der Waals surface area contributed by atoms with Gasteiger partial charge in [-0.3, -0.25) is 4.79 Å². The van der Waals surface area contributed by atoms with Crippen LogP contribution in [0.5, 0.6) is 0 Å². The van der Waals surface area contributed by atoms with Gasteiger partial charge < -0.3 is 0 Å². The molecular weight excluding hydrogens is 298 g/mol. The standard InChI is InChI=1S/C15H18F2O3S/c1-21(19,20)13-4-2-3-11(7-13)15(18)8-10-5-6-12(16)9-14(10)17/h5-6,9,11,13H,2-4,7-8H2,1H3. The van der Waals surface area contributed by atoms with Gasteiger partial charge in [0.1, 0.15) is 27.3 Å². The molecule has 2 unspecified atom stereocenters. The van der Waals surface area contributed by atoms with Crippen LogP contribution >= 0.6 is 0 Å². The lowest BCUT2D eigenvalue weighted by Crippen LogP contribution is -2.31. The maximum absolute atomic E-state index is 13.6. The summed E-state index contributed by atoms with van der Waals surface area (Å²) in [5.41, 5.74) is 0.155. The minimum Gasteiger partial charge on any atom is -0.299 e. The molecule has 1 aliphatic rings. The number of carbonyl (C=O) groups excluding carboxylic acids is 1. The first-order valence-corrected chi connectivity index (χ1v) is 8.88. The van der Waals surface area contributed by atoms with Gasteiger partial charge in [0.2, 0.25) is 0 Å². The Kier molecular flexibility index (Phi) is 4.76. The Bertz CT molecular complexity index is 640. The summed E-state index contributed by atoms with van der Waals surface area (Å²) < 4.78 is 49.6. The van der Waals surface area contributed by atoms with E-state index in [0.717, 1.165) is 12.1 Å². The number of halogens is 2. The SMILES string of the molecule is CS(=O)(=O)C1CCCC(C(=O)Cc2ccc(F)cc2F)C1. The van der Waals surface area contributed by atoms with Gasteiger partial charge in [0.05, 0.1) is 5.25 Å². The lowest BCUT2D eigenvalue weighted by atomic mass is 9.84. The smallest absolute Gasteiger partial charge is 0.150 e. The fourth-order valence-electron chi connectivity index (χ4n) is 2.82. The molecule has 1 aliphatic carbocycles. The fraction of sp³-hybridized carbons (Fsp3) is 0.533. The molecule has 1 aromatic rings. The third kappa shape index (κ3) is 4.09. The van der Waals surface area contributed by atoms with Gasteiger partial charge in [-0.25, -0.2) is 17.2 Å². The van der Waals surface area contributed by atoms with E-state index in [-0.39, 0.29) is 23.7 Å². The maximum Gasteiger partial charge on any atom is 0.150 e. The first-order valence-electron chi connectivity index (χ1n) is 6.93. The molecule has 1 aromatic carbocycles. The van der Waals surface area contributed by atoms with Gasteiger partial charge in [0.15, 0.2) is 0 Å². The highest BCUT2D eigenvalue weighted by Gasteiger charge is 2.32. The maximum atomic E-state index is 13.6. The Morgan fingerprint density at radius 3 is 2.62 bits per heavy atom. The number of ketones is 1. The van der Waals surface area contributed by atoms with Crippen molar-refractivity contribution >= 4 is 15.6 Å². The normalized spacial score (nSPS) is 23.0. The van der Waals surface area contributed by atoms with Crippen molar-refractivity contribution in [2.45, 2.75) is 37.4 Å². The summed E-state index contributed by atoms with van der Waals surface area (Å²) in [4.78, 5) is 12.2. The summed E-state index contributed by atoms with van der Waals surface area (Å²) in [5.74, 6) is -1.95. The molecule has 0 heterocycles. The van der Waals surface area contributed by atoms with Gasteiger partial charge in [-0.05, 0) is 30.9 Å². The van der Waals surface area contributed by atoms with Crippen LogP contribution in [0.2, 0.25) is 0 Å². The number of benzene rings is 1. The molecule has 0 spiro atoms. The van der Waals surface area contributed by atoms with Crippen LogP contribution in [-0.2, 0) is 21.1 Å². The molecule has 0 aliphatic heterocycles. The Hall–Kier alpha value is -1.30. The molecule has 0 amide bonds. The van der Waals surface area contributed by atoms with Crippen LogP contribution < -0.4 is 0 Å². The third-order valence-corrected chi connectivity index (χ3v) is 5.71. The summed E-state index contributed by atoms with van der Waals surface area (Å²) in [6.07, 6.45) is 3.26. The van der Waals surface area contributed by atoms with Crippen LogP contribution in [0, 0.1) is 17.6 Å². The molecule has 2 rings (SSSR count). The van der Waals surface area contributed by atoms with Crippen LogP contribution in [0.4, 0.5) is 8.78 Å². The van der Waals surface area contributed by atoms with E-state index < -0.39 is 26.7 Å². The highest BCUT2D eigenvalue weighted by atomic mass is 32.2. The third-order valence-electron chi connectivity index (χ3n) is 4.07. The van der Waals surface area contributed by atoms with Gasteiger partial charge in [0.25, 0.3) is 0 Å². The van der Waals surface area contributed by atoms with Crippen molar-refractivity contribution in [3.63, 3.8) is 0 Å². The average molecular weight is 316 g/mol. The van der Waals surface area contributed by atoms with Crippen LogP contribution in [0.3, 0.4) is 0 Å². The quantitative estimate of drug-likeness (QED) is 0.858. The van der Waals surface area contributed by atoms with Crippen molar-refractivity contribution in [2.24, 2.45) is 5.92 Å². The number of rotatable bonds is 4. The molecule has 3 nitrogen and oxygen atoms in total. The Morgan fingerprint density at radius 1 is 1.29 bits per heavy atom. The van der Waals surface area contributed by atoms with Crippen LogP contribution in [0.25, 0.3) is 0 Å². The summed E-state index contributed by atoms with van der Waals surface area (Å²) in [7, 11) is -3.15. The van der Waals surface area contributed by atoms with Crippen LogP contribution in [0.15, 0.2) is 18.2 Å². The fourth-order valence-corrected chi connectivity index (χ4v) is 4.00. The first kappa shape index (κ1) is 16.1. The second kappa shape index (κ2) is 6.22. The van der Waals surface area contributed by atoms with E-state index in [4.69, 9.17) is 0 Å². The van der Waals surface area contributed by atoms with Gasteiger partial charge in [-0.1, -0.05) is 12.5 Å². The second-order valence-electron chi connectivity index (χ2n) is 5.69. The zero-order chi connectivity index (χ0) is 15.6. The minimum atomic E-state index is -3.15. The van der Waals surface area contributed by atoms with E-state index in [9.17, 15) is 22.0 Å². The van der Waals surface area contributed by atoms with Gasteiger partial charge in [0, 0.05) is 24.7 Å². The van der Waals surface area contributed by atoms with Crippen LogP contribution in [-0.4, -0.2) is 25.7 Å². The van der Waals surface area contributed by atoms with Gasteiger partial charge in [-0.15, -0.1) is 0 Å². The lowest BCUT2D eigenvalue weighted by Gasteiger charge is -2.27. The van der Waals surface area contributed by atoms with Crippen molar-refractivity contribution in [2.75, 3.05) is 6.26 Å². The molecule has 21 heavy (non-hydrogen) atoms. The summed E-state index contributed by atoms with van der Waals surface area (Å²) in [5, 5.41) is -0.488. The number of hydrogen-bond donors (Lipinski definition) is 0.